The van der Waals surface area contributed by atoms with Crippen LogP contribution in [0.4, 0.5) is 102 Å². The van der Waals surface area contributed by atoms with E-state index >= 15 is 0 Å². The molecule has 4 aliphatic rings. The van der Waals surface area contributed by atoms with Gasteiger partial charge in [-0.2, -0.15) is 0 Å². The number of aryl methyl sites for hydroxylation is 2. The zero-order chi connectivity index (χ0) is 74.3. The monoisotopic (exact) mass is 1430 g/mol. The van der Waals surface area contributed by atoms with Gasteiger partial charge in [0.15, 0.2) is 0 Å². The number of pyridine rings is 2. The van der Waals surface area contributed by atoms with E-state index in [1.807, 2.05) is 12.4 Å². The molecular formula is C102H72B2N8. The third-order valence-corrected chi connectivity index (χ3v) is 22.7. The van der Waals surface area contributed by atoms with Gasteiger partial charge in [0.1, 0.15) is 0 Å². The van der Waals surface area contributed by atoms with Gasteiger partial charge in [-0.15, -0.1) is 0 Å². The number of hydrogen-bond donors (Lipinski definition) is 0. The van der Waals surface area contributed by atoms with Gasteiger partial charge in [-0.05, 0) is 196 Å². The molecule has 0 atom stereocenters. The van der Waals surface area contributed by atoms with Crippen LogP contribution in [0.2, 0.25) is 0 Å². The van der Waals surface area contributed by atoms with Gasteiger partial charge < -0.3 is 29.4 Å². The summed E-state index contributed by atoms with van der Waals surface area (Å²) in [7, 11) is 0. The number of nitrogens with zero attached hydrogens (tertiary/aromatic N) is 8. The lowest BCUT2D eigenvalue weighted by Gasteiger charge is -2.48. The van der Waals surface area contributed by atoms with Crippen LogP contribution in [0.1, 0.15) is 11.1 Å². The summed E-state index contributed by atoms with van der Waals surface area (Å²) in [5.74, 6) is 0. The summed E-state index contributed by atoms with van der Waals surface area (Å²) in [4.78, 5) is 25.6. The van der Waals surface area contributed by atoms with Crippen molar-refractivity contribution < 1.29 is 0 Å². The lowest BCUT2D eigenvalue weighted by molar-refractivity contribution is 1.21. The van der Waals surface area contributed by atoms with E-state index in [1.165, 1.54) is 32.8 Å². The number of benzene rings is 15. The first-order chi connectivity index (χ1) is 55.5. The maximum Gasteiger partial charge on any atom is 0.252 e. The predicted octanol–water partition coefficient (Wildman–Crippen LogP) is 22.9. The van der Waals surface area contributed by atoms with Crippen LogP contribution in [0.5, 0.6) is 0 Å². The van der Waals surface area contributed by atoms with Gasteiger partial charge in [-0.1, -0.05) is 261 Å². The van der Waals surface area contributed by atoms with Gasteiger partial charge in [0.05, 0.1) is 39.8 Å². The molecule has 0 aliphatic carbocycles. The number of rotatable bonds is 14. The highest BCUT2D eigenvalue weighted by Gasteiger charge is 2.50. The zero-order valence-electron chi connectivity index (χ0n) is 61.8. The molecule has 21 rings (SSSR count). The van der Waals surface area contributed by atoms with Crippen molar-refractivity contribution in [3.05, 3.63) is 412 Å². The molecule has 0 radical (unpaired) electrons. The van der Waals surface area contributed by atoms with Gasteiger partial charge in [0.25, 0.3) is 13.4 Å². The molecule has 2 aromatic heterocycles. The fourth-order valence-corrected chi connectivity index (χ4v) is 17.9. The molecule has 0 saturated heterocycles. The number of para-hydroxylation sites is 10. The molecular weight excluding hydrogens is 1360 g/mol. The summed E-state index contributed by atoms with van der Waals surface area (Å²) in [6.07, 6.45) is 3.96. The minimum Gasteiger partial charge on any atom is -0.311 e. The second kappa shape index (κ2) is 27.3. The fourth-order valence-electron chi connectivity index (χ4n) is 17.9. The standard InChI is InChI=1S/C102H72B2N8/c1-69-57-59-88(105-67-69)82-47-24-28-53-90(82)108(75-41-18-7-19-42-75)79-63-97-100-98(64-79)111(91-54-29-25-48-83(91)89-60-58-70(2)68-106-89)93-56-31-27-52-85(93)104(100)86-65-87-95(66-94(86)110(97)77-45-22-9-23-46-77)112(102-80(71-33-10-3-11-34-71)49-32-50-81(102)72-35-12-4-13-36-72)99-62-78(107(73-37-14-5-15-38-73)74-39-16-6-17-40-74)61-96-101(99)103(87)84-51-26-30-55-92(84)109(96)76-43-20-8-21-44-76/h3-68H,1-2H3. The number of aromatic nitrogens is 2. The second-order valence-electron chi connectivity index (χ2n) is 29.3. The molecule has 15 aromatic carbocycles. The minimum absolute atomic E-state index is 0.280. The zero-order valence-corrected chi connectivity index (χ0v) is 61.8. The van der Waals surface area contributed by atoms with Gasteiger partial charge in [-0.3, -0.25) is 9.97 Å². The number of fused-ring (bicyclic) bond motifs is 8. The Morgan fingerprint density at radius 3 is 1.11 bits per heavy atom. The number of anilines is 18. The maximum absolute atomic E-state index is 5.20. The molecule has 0 N–H and O–H groups in total. The SMILES string of the molecule is Cc1ccc(-c2ccccc2N(c2ccccc2)c2cc3c4c(c2)N(c2ccccc2-c2ccc(C)cn2)c2ccccc2B4c2cc4c(cc2N3c2ccccc2)N(c2c(-c3ccccc3)cccc2-c2ccccc2)c2cc(N(c3ccccc3)c3ccccc3)cc3c2B4c2ccccc2N3c2ccccc2)nc1. The Bertz CT molecular complexity index is 6340. The van der Waals surface area contributed by atoms with Gasteiger partial charge >= 0.3 is 0 Å². The van der Waals surface area contributed by atoms with E-state index in [2.05, 4.69) is 431 Å². The summed E-state index contributed by atoms with van der Waals surface area (Å²) in [5, 5.41) is 0. The number of hydrogen-bond acceptors (Lipinski definition) is 8. The molecule has 10 heteroatoms. The highest BCUT2D eigenvalue weighted by Crippen LogP contribution is 2.56. The average Bonchev–Trinajstić information content (AvgIpc) is 0.676. The van der Waals surface area contributed by atoms with Crippen LogP contribution in [0.3, 0.4) is 0 Å². The van der Waals surface area contributed by atoms with Crippen molar-refractivity contribution in [1.29, 1.82) is 0 Å². The van der Waals surface area contributed by atoms with E-state index in [0.717, 1.165) is 158 Å². The molecule has 6 heterocycles. The van der Waals surface area contributed by atoms with Crippen molar-refractivity contribution in [2.24, 2.45) is 0 Å². The Morgan fingerprint density at radius 2 is 0.607 bits per heavy atom. The Hall–Kier alpha value is -14.5. The molecule has 0 amide bonds. The molecule has 0 saturated carbocycles. The summed E-state index contributed by atoms with van der Waals surface area (Å²) < 4.78 is 0. The van der Waals surface area contributed by atoms with Crippen LogP contribution in [-0.2, 0) is 0 Å². The highest BCUT2D eigenvalue weighted by atomic mass is 15.2. The van der Waals surface area contributed by atoms with Crippen molar-refractivity contribution in [2.45, 2.75) is 13.8 Å². The van der Waals surface area contributed by atoms with Crippen molar-refractivity contribution >= 4 is 149 Å². The van der Waals surface area contributed by atoms with Crippen LogP contribution < -0.4 is 62.2 Å². The lowest BCUT2D eigenvalue weighted by Crippen LogP contribution is -2.65. The molecule has 0 fully saturated rings. The smallest absolute Gasteiger partial charge is 0.252 e. The first-order valence-electron chi connectivity index (χ1n) is 38.5. The molecule has 0 bridgehead atoms. The van der Waals surface area contributed by atoms with Crippen molar-refractivity contribution in [3.63, 3.8) is 0 Å². The van der Waals surface area contributed by atoms with E-state index in [9.17, 15) is 0 Å². The van der Waals surface area contributed by atoms with Crippen LogP contribution in [0, 0.1) is 13.8 Å². The van der Waals surface area contributed by atoms with E-state index in [0.29, 0.717) is 0 Å². The van der Waals surface area contributed by atoms with Gasteiger partial charge in [-0.25, -0.2) is 0 Å². The topological polar surface area (TPSA) is 45.2 Å². The third kappa shape index (κ3) is 10.9. The largest absolute Gasteiger partial charge is 0.311 e. The first kappa shape index (κ1) is 65.8. The summed E-state index contributed by atoms with van der Waals surface area (Å²) in [6, 6.07) is 144. The minimum atomic E-state index is -0.302. The van der Waals surface area contributed by atoms with Crippen LogP contribution in [0.25, 0.3) is 44.8 Å². The highest BCUT2D eigenvalue weighted by molar-refractivity contribution is 7.03. The van der Waals surface area contributed by atoms with E-state index in [1.54, 1.807) is 0 Å². The summed E-state index contributed by atoms with van der Waals surface area (Å²) in [6.45, 7) is 3.63. The van der Waals surface area contributed by atoms with Crippen molar-refractivity contribution in [1.82, 2.24) is 9.97 Å². The summed E-state index contributed by atoms with van der Waals surface area (Å²) in [5.41, 5.74) is 36.6. The molecule has 8 nitrogen and oxygen atoms in total. The summed E-state index contributed by atoms with van der Waals surface area (Å²) >= 11 is 0. The second-order valence-corrected chi connectivity index (χ2v) is 29.3. The maximum atomic E-state index is 5.20. The lowest BCUT2D eigenvalue weighted by atomic mass is 9.30. The molecule has 0 spiro atoms. The predicted molar refractivity (Wildman–Crippen MR) is 471 cm³/mol. The normalized spacial score (nSPS) is 12.6. The molecule has 0 unspecified atom stereocenters. The first-order valence-corrected chi connectivity index (χ1v) is 38.5. The quantitative estimate of drug-likeness (QED) is 0.0998. The Labute approximate surface area is 654 Å². The van der Waals surface area contributed by atoms with Gasteiger partial charge in [0.2, 0.25) is 0 Å². The Balaban J connectivity index is 0.920. The van der Waals surface area contributed by atoms with E-state index in [4.69, 9.17) is 9.97 Å². The fraction of sp³-hybridized carbons (Fsp3) is 0.0196. The molecule has 4 aliphatic heterocycles. The molecule has 526 valence electrons. The Kier molecular flexibility index (Phi) is 16.1. The molecule has 17 aromatic rings. The van der Waals surface area contributed by atoms with Gasteiger partial charge in [0, 0.05) is 109 Å². The van der Waals surface area contributed by atoms with Crippen LogP contribution in [0.15, 0.2) is 401 Å². The Morgan fingerprint density at radius 1 is 0.241 bits per heavy atom. The van der Waals surface area contributed by atoms with Crippen molar-refractivity contribution in [3.8, 4) is 44.8 Å². The van der Waals surface area contributed by atoms with Crippen LogP contribution >= 0.6 is 0 Å². The van der Waals surface area contributed by atoms with E-state index in [-0.39, 0.29) is 13.4 Å². The third-order valence-electron chi connectivity index (χ3n) is 22.7. The van der Waals surface area contributed by atoms with Crippen LogP contribution in [-0.4, -0.2) is 23.4 Å². The van der Waals surface area contributed by atoms with Crippen molar-refractivity contribution in [2.75, 3.05) is 29.4 Å². The average molecular weight is 1430 g/mol. The molecule has 112 heavy (non-hydrogen) atoms. The van der Waals surface area contributed by atoms with E-state index < -0.39 is 0 Å².